The number of carbonyl (C=O) groups excluding carboxylic acids is 1. The van der Waals surface area contributed by atoms with E-state index in [9.17, 15) is 4.79 Å². The fraction of sp³-hybridized carbons (Fsp3) is 0.357. The molecule has 0 aliphatic heterocycles. The Morgan fingerprint density at radius 2 is 2.00 bits per heavy atom. The van der Waals surface area contributed by atoms with Gasteiger partial charge in [-0.25, -0.2) is 5.48 Å². The van der Waals surface area contributed by atoms with Gasteiger partial charge in [-0.1, -0.05) is 12.1 Å². The molecule has 0 unspecified atom stereocenters. The van der Waals surface area contributed by atoms with Crippen LogP contribution in [0.15, 0.2) is 30.3 Å². The summed E-state index contributed by atoms with van der Waals surface area (Å²) >= 11 is 0. The van der Waals surface area contributed by atoms with E-state index in [1.807, 2.05) is 31.2 Å². The third-order valence-electron chi connectivity index (χ3n) is 2.18. The molecule has 104 valence electrons. The SMILES string of the molecule is CCOc1ccc(/C=C/C(=O)NOCCOC)cc1. The van der Waals surface area contributed by atoms with Gasteiger partial charge >= 0.3 is 0 Å². The van der Waals surface area contributed by atoms with E-state index in [4.69, 9.17) is 14.3 Å². The summed E-state index contributed by atoms with van der Waals surface area (Å²) in [7, 11) is 1.57. The fourth-order valence-corrected chi connectivity index (χ4v) is 1.29. The van der Waals surface area contributed by atoms with E-state index in [1.54, 1.807) is 13.2 Å². The van der Waals surface area contributed by atoms with E-state index in [-0.39, 0.29) is 5.91 Å². The molecule has 0 radical (unpaired) electrons. The first kappa shape index (κ1) is 15.2. The van der Waals surface area contributed by atoms with E-state index in [0.717, 1.165) is 11.3 Å². The van der Waals surface area contributed by atoms with Crippen LogP contribution in [0.2, 0.25) is 0 Å². The number of ether oxygens (including phenoxy) is 2. The molecule has 0 saturated heterocycles. The summed E-state index contributed by atoms with van der Waals surface area (Å²) in [4.78, 5) is 16.2. The Kier molecular flexibility index (Phi) is 7.31. The zero-order valence-corrected chi connectivity index (χ0v) is 11.2. The van der Waals surface area contributed by atoms with Gasteiger partial charge in [0.15, 0.2) is 0 Å². The van der Waals surface area contributed by atoms with Gasteiger partial charge in [0.2, 0.25) is 0 Å². The fourth-order valence-electron chi connectivity index (χ4n) is 1.29. The normalized spacial score (nSPS) is 10.6. The van der Waals surface area contributed by atoms with Crippen molar-refractivity contribution in [3.05, 3.63) is 35.9 Å². The molecule has 1 rings (SSSR count). The predicted octanol–water partition coefficient (Wildman–Crippen LogP) is 1.79. The number of hydrogen-bond acceptors (Lipinski definition) is 4. The average Bonchev–Trinajstić information content (AvgIpc) is 2.43. The monoisotopic (exact) mass is 265 g/mol. The quantitative estimate of drug-likeness (QED) is 0.442. The largest absolute Gasteiger partial charge is 0.494 e. The molecule has 0 aromatic heterocycles. The second-order valence-corrected chi connectivity index (χ2v) is 3.64. The highest BCUT2D eigenvalue weighted by atomic mass is 16.7. The Labute approximate surface area is 113 Å². The lowest BCUT2D eigenvalue weighted by molar-refractivity contribution is -0.129. The third-order valence-corrected chi connectivity index (χ3v) is 2.18. The van der Waals surface area contributed by atoms with Crippen LogP contribution in [0.25, 0.3) is 6.08 Å². The first-order valence-electron chi connectivity index (χ1n) is 6.08. The van der Waals surface area contributed by atoms with Crippen molar-refractivity contribution < 1.29 is 19.1 Å². The Balaban J connectivity index is 2.36. The zero-order chi connectivity index (χ0) is 13.9. The van der Waals surface area contributed by atoms with Crippen molar-refractivity contribution in [2.45, 2.75) is 6.92 Å². The van der Waals surface area contributed by atoms with Crippen LogP contribution in [0, 0.1) is 0 Å². The van der Waals surface area contributed by atoms with Crippen molar-refractivity contribution in [2.24, 2.45) is 0 Å². The minimum absolute atomic E-state index is 0.315. The van der Waals surface area contributed by atoms with Crippen LogP contribution in [-0.2, 0) is 14.4 Å². The summed E-state index contributed by atoms with van der Waals surface area (Å²) in [5.74, 6) is 0.497. The Morgan fingerprint density at radius 3 is 2.63 bits per heavy atom. The van der Waals surface area contributed by atoms with Crippen molar-refractivity contribution in [1.29, 1.82) is 0 Å². The van der Waals surface area contributed by atoms with Gasteiger partial charge in [-0.2, -0.15) is 0 Å². The summed E-state index contributed by atoms with van der Waals surface area (Å²) in [5.41, 5.74) is 3.20. The van der Waals surface area contributed by atoms with Gasteiger partial charge in [0, 0.05) is 13.2 Å². The molecule has 0 spiro atoms. The number of carbonyl (C=O) groups is 1. The highest BCUT2D eigenvalue weighted by molar-refractivity contribution is 5.90. The van der Waals surface area contributed by atoms with Gasteiger partial charge in [-0.3, -0.25) is 9.63 Å². The Morgan fingerprint density at radius 1 is 1.26 bits per heavy atom. The number of methoxy groups -OCH3 is 1. The molecule has 0 fully saturated rings. The molecule has 0 aliphatic carbocycles. The van der Waals surface area contributed by atoms with Crippen LogP contribution in [0.5, 0.6) is 5.75 Å². The molecule has 0 aliphatic rings. The van der Waals surface area contributed by atoms with Gasteiger partial charge in [0.25, 0.3) is 5.91 Å². The highest BCUT2D eigenvalue weighted by Gasteiger charge is 1.96. The van der Waals surface area contributed by atoms with Gasteiger partial charge in [0.05, 0.1) is 19.8 Å². The molecule has 5 nitrogen and oxygen atoms in total. The predicted molar refractivity (Wildman–Crippen MR) is 72.6 cm³/mol. The lowest BCUT2D eigenvalue weighted by Gasteiger charge is -2.03. The van der Waals surface area contributed by atoms with E-state index in [1.165, 1.54) is 6.08 Å². The molecule has 1 aromatic carbocycles. The number of hydroxylamine groups is 1. The first-order valence-corrected chi connectivity index (χ1v) is 6.08. The number of nitrogens with one attached hydrogen (secondary N) is 1. The minimum atomic E-state index is -0.315. The van der Waals surface area contributed by atoms with Crippen molar-refractivity contribution in [3.63, 3.8) is 0 Å². The maximum Gasteiger partial charge on any atom is 0.267 e. The minimum Gasteiger partial charge on any atom is -0.494 e. The molecule has 1 aromatic rings. The maximum absolute atomic E-state index is 11.4. The van der Waals surface area contributed by atoms with Gasteiger partial charge in [-0.15, -0.1) is 0 Å². The molecule has 1 N–H and O–H groups in total. The molecule has 0 bridgehead atoms. The lowest BCUT2D eigenvalue weighted by atomic mass is 10.2. The smallest absolute Gasteiger partial charge is 0.267 e. The summed E-state index contributed by atoms with van der Waals surface area (Å²) in [6, 6.07) is 7.47. The number of hydrogen-bond donors (Lipinski definition) is 1. The van der Waals surface area contributed by atoms with Crippen LogP contribution >= 0.6 is 0 Å². The number of benzene rings is 1. The maximum atomic E-state index is 11.4. The van der Waals surface area contributed by atoms with Crippen molar-refractivity contribution in [3.8, 4) is 5.75 Å². The molecule has 1 amide bonds. The summed E-state index contributed by atoms with van der Waals surface area (Å²) < 4.78 is 10.1. The van der Waals surface area contributed by atoms with Crippen LogP contribution in [0.1, 0.15) is 12.5 Å². The number of rotatable bonds is 8. The molecule has 19 heavy (non-hydrogen) atoms. The van der Waals surface area contributed by atoms with Crippen molar-refractivity contribution in [1.82, 2.24) is 5.48 Å². The lowest BCUT2D eigenvalue weighted by Crippen LogP contribution is -2.23. The Bertz CT molecular complexity index is 400. The summed E-state index contributed by atoms with van der Waals surface area (Å²) in [6.07, 6.45) is 3.10. The second-order valence-electron chi connectivity index (χ2n) is 3.64. The van der Waals surface area contributed by atoms with Crippen LogP contribution < -0.4 is 10.2 Å². The van der Waals surface area contributed by atoms with Crippen LogP contribution in [0.3, 0.4) is 0 Å². The molecule has 0 saturated carbocycles. The molecule has 5 heteroatoms. The van der Waals surface area contributed by atoms with Crippen molar-refractivity contribution in [2.75, 3.05) is 26.9 Å². The van der Waals surface area contributed by atoms with Gasteiger partial charge in [-0.05, 0) is 30.7 Å². The van der Waals surface area contributed by atoms with Crippen LogP contribution in [-0.4, -0.2) is 32.8 Å². The molecule has 0 atom stereocenters. The molecular weight excluding hydrogens is 246 g/mol. The van der Waals surface area contributed by atoms with Gasteiger partial charge < -0.3 is 9.47 Å². The van der Waals surface area contributed by atoms with Gasteiger partial charge in [0.1, 0.15) is 5.75 Å². The van der Waals surface area contributed by atoms with Crippen molar-refractivity contribution >= 4 is 12.0 Å². The van der Waals surface area contributed by atoms with E-state index >= 15 is 0 Å². The third kappa shape index (κ3) is 6.59. The molecule has 0 heterocycles. The van der Waals surface area contributed by atoms with Crippen LogP contribution in [0.4, 0.5) is 0 Å². The molecular formula is C14H19NO4. The standard InChI is InChI=1S/C14H19NO4/c1-3-18-13-7-4-12(5-8-13)6-9-14(16)15-19-11-10-17-2/h4-9H,3,10-11H2,1-2H3,(H,15,16)/b9-6+. The van der Waals surface area contributed by atoms with E-state index in [0.29, 0.717) is 19.8 Å². The number of amides is 1. The average molecular weight is 265 g/mol. The Hall–Kier alpha value is -1.85. The highest BCUT2D eigenvalue weighted by Crippen LogP contribution is 2.12. The topological polar surface area (TPSA) is 56.8 Å². The first-order chi connectivity index (χ1) is 9.26. The summed E-state index contributed by atoms with van der Waals surface area (Å²) in [5, 5.41) is 0. The second kappa shape index (κ2) is 9.13. The summed E-state index contributed by atoms with van der Waals surface area (Å²) in [6.45, 7) is 3.32. The van der Waals surface area contributed by atoms with E-state index in [2.05, 4.69) is 5.48 Å². The zero-order valence-electron chi connectivity index (χ0n) is 11.2. The van der Waals surface area contributed by atoms with E-state index < -0.39 is 0 Å².